The summed E-state index contributed by atoms with van der Waals surface area (Å²) in [6, 6.07) is 8.36. The van der Waals surface area contributed by atoms with Crippen LogP contribution in [0.15, 0.2) is 24.3 Å². The Balaban J connectivity index is 1.77. The summed E-state index contributed by atoms with van der Waals surface area (Å²) in [6.07, 6.45) is 8.41. The monoisotopic (exact) mass is 290 g/mol. The zero-order valence-electron chi connectivity index (χ0n) is 13.6. The van der Waals surface area contributed by atoms with Gasteiger partial charge in [-0.15, -0.1) is 0 Å². The molecule has 0 bridgehead atoms. The summed E-state index contributed by atoms with van der Waals surface area (Å²) in [5, 5.41) is 3.59. The van der Waals surface area contributed by atoms with Crippen LogP contribution in [-0.2, 0) is 0 Å². The molecule has 1 saturated carbocycles. The fraction of sp³-hybridized carbons (Fsp3) is 0.667. The molecule has 1 aliphatic carbocycles. The molecule has 0 heterocycles. The molecule has 0 aliphatic heterocycles. The molecule has 0 aromatic heterocycles. The van der Waals surface area contributed by atoms with Crippen LogP contribution in [0.2, 0.25) is 0 Å². The first-order valence-corrected chi connectivity index (χ1v) is 8.35. The maximum atomic E-state index is 5.79. The summed E-state index contributed by atoms with van der Waals surface area (Å²) < 4.78 is 5.79. The number of hydrogen-bond donors (Lipinski definition) is 1. The van der Waals surface area contributed by atoms with Crippen molar-refractivity contribution in [2.75, 3.05) is 39.1 Å². The van der Waals surface area contributed by atoms with E-state index in [4.69, 9.17) is 4.74 Å². The highest BCUT2D eigenvalue weighted by Gasteiger charge is 2.11. The molecule has 0 amide bonds. The van der Waals surface area contributed by atoms with Gasteiger partial charge < -0.3 is 15.0 Å². The van der Waals surface area contributed by atoms with Crippen molar-refractivity contribution in [3.8, 4) is 5.75 Å². The molecular formula is C18H30N2O. The second-order valence-corrected chi connectivity index (χ2v) is 6.42. The average Bonchev–Trinajstić information content (AvgIpc) is 2.74. The highest BCUT2D eigenvalue weighted by Crippen LogP contribution is 2.24. The highest BCUT2D eigenvalue weighted by molar-refractivity contribution is 5.48. The zero-order valence-corrected chi connectivity index (χ0v) is 13.6. The largest absolute Gasteiger partial charge is 0.492 e. The first-order valence-electron chi connectivity index (χ1n) is 8.35. The van der Waals surface area contributed by atoms with E-state index in [0.29, 0.717) is 0 Å². The third-order valence-electron chi connectivity index (χ3n) is 4.21. The fourth-order valence-electron chi connectivity index (χ4n) is 2.87. The maximum absolute atomic E-state index is 5.79. The molecule has 3 nitrogen and oxygen atoms in total. The van der Waals surface area contributed by atoms with Crippen molar-refractivity contribution in [1.29, 1.82) is 0 Å². The molecule has 0 unspecified atom stereocenters. The van der Waals surface area contributed by atoms with Crippen molar-refractivity contribution in [2.45, 2.75) is 38.5 Å². The van der Waals surface area contributed by atoms with Crippen molar-refractivity contribution in [1.82, 2.24) is 4.90 Å². The number of nitrogens with zero attached hydrogens (tertiary/aromatic N) is 1. The van der Waals surface area contributed by atoms with Gasteiger partial charge in [-0.05, 0) is 45.0 Å². The number of likely N-dealkylation sites (N-methyl/N-ethyl adjacent to an activating group) is 1. The molecule has 1 aliphatic rings. The minimum Gasteiger partial charge on any atom is -0.492 e. The predicted octanol–water partition coefficient (Wildman–Crippen LogP) is 4.01. The topological polar surface area (TPSA) is 24.5 Å². The minimum atomic E-state index is 0.735. The maximum Gasteiger partial charge on any atom is 0.121 e. The van der Waals surface area contributed by atoms with Gasteiger partial charge in [0.15, 0.2) is 0 Å². The van der Waals surface area contributed by atoms with Gasteiger partial charge in [0.25, 0.3) is 0 Å². The fourth-order valence-corrected chi connectivity index (χ4v) is 2.87. The summed E-state index contributed by atoms with van der Waals surface area (Å²) >= 11 is 0. The van der Waals surface area contributed by atoms with Crippen LogP contribution >= 0.6 is 0 Å². The standard InChI is InChI=1S/C18H30N2O/c1-20(2)12-13-21-18-11-7-10-17(14-18)19-15-16-8-5-3-4-6-9-16/h7,10-11,14,16,19H,3-6,8-9,12-13,15H2,1-2H3. The van der Waals surface area contributed by atoms with E-state index in [0.717, 1.165) is 31.4 Å². The summed E-state index contributed by atoms with van der Waals surface area (Å²) in [5.74, 6) is 1.80. The van der Waals surface area contributed by atoms with Gasteiger partial charge in [0.05, 0.1) is 0 Å². The summed E-state index contributed by atoms with van der Waals surface area (Å²) in [7, 11) is 4.13. The van der Waals surface area contributed by atoms with Gasteiger partial charge in [-0.2, -0.15) is 0 Å². The number of hydrogen-bond acceptors (Lipinski definition) is 3. The summed E-state index contributed by atoms with van der Waals surface area (Å²) in [6.45, 7) is 2.78. The van der Waals surface area contributed by atoms with Crippen LogP contribution in [-0.4, -0.2) is 38.7 Å². The van der Waals surface area contributed by atoms with Crippen LogP contribution in [0.25, 0.3) is 0 Å². The number of benzene rings is 1. The number of anilines is 1. The lowest BCUT2D eigenvalue weighted by atomic mass is 10.0. The number of nitrogens with one attached hydrogen (secondary N) is 1. The predicted molar refractivity (Wildman–Crippen MR) is 90.2 cm³/mol. The molecule has 1 N–H and O–H groups in total. The number of ether oxygens (including phenoxy) is 1. The van der Waals surface area contributed by atoms with E-state index in [9.17, 15) is 0 Å². The van der Waals surface area contributed by atoms with Crippen molar-refractivity contribution >= 4 is 5.69 Å². The van der Waals surface area contributed by atoms with Gasteiger partial charge in [-0.3, -0.25) is 0 Å². The quantitative estimate of drug-likeness (QED) is 0.768. The average molecular weight is 290 g/mol. The Bertz CT molecular complexity index is 398. The van der Waals surface area contributed by atoms with Crippen LogP contribution in [0, 0.1) is 5.92 Å². The normalized spacial score (nSPS) is 16.7. The molecule has 2 rings (SSSR count). The molecule has 0 radical (unpaired) electrons. The second-order valence-electron chi connectivity index (χ2n) is 6.42. The molecule has 21 heavy (non-hydrogen) atoms. The van der Waals surface area contributed by atoms with Crippen molar-refractivity contribution in [3.05, 3.63) is 24.3 Å². The van der Waals surface area contributed by atoms with E-state index in [1.54, 1.807) is 0 Å². The lowest BCUT2D eigenvalue weighted by molar-refractivity contribution is 0.261. The molecule has 1 aromatic rings. The summed E-state index contributed by atoms with van der Waals surface area (Å²) in [5.41, 5.74) is 1.18. The molecule has 0 spiro atoms. The Morgan fingerprint density at radius 1 is 1.14 bits per heavy atom. The molecule has 0 saturated heterocycles. The second kappa shape index (κ2) is 8.93. The lowest BCUT2D eigenvalue weighted by Crippen LogP contribution is -2.19. The Labute approximate surface area is 129 Å². The smallest absolute Gasteiger partial charge is 0.121 e. The van der Waals surface area contributed by atoms with E-state index >= 15 is 0 Å². The van der Waals surface area contributed by atoms with Gasteiger partial charge in [0, 0.05) is 24.8 Å². The lowest BCUT2D eigenvalue weighted by Gasteiger charge is -2.16. The van der Waals surface area contributed by atoms with Crippen molar-refractivity contribution < 1.29 is 4.74 Å². The minimum absolute atomic E-state index is 0.735. The van der Waals surface area contributed by atoms with Crippen LogP contribution in [0.4, 0.5) is 5.69 Å². The van der Waals surface area contributed by atoms with Gasteiger partial charge in [-0.25, -0.2) is 0 Å². The van der Waals surface area contributed by atoms with E-state index in [-0.39, 0.29) is 0 Å². The Kier molecular flexibility index (Phi) is 6.87. The van der Waals surface area contributed by atoms with Crippen LogP contribution < -0.4 is 10.1 Å². The molecule has 1 fully saturated rings. The van der Waals surface area contributed by atoms with E-state index in [1.165, 1.54) is 44.2 Å². The van der Waals surface area contributed by atoms with Gasteiger partial charge in [0.1, 0.15) is 12.4 Å². The Morgan fingerprint density at radius 2 is 1.90 bits per heavy atom. The molecular weight excluding hydrogens is 260 g/mol. The Hall–Kier alpha value is -1.22. The van der Waals surface area contributed by atoms with Gasteiger partial charge in [0.2, 0.25) is 0 Å². The molecule has 1 aromatic carbocycles. The van der Waals surface area contributed by atoms with E-state index < -0.39 is 0 Å². The van der Waals surface area contributed by atoms with Crippen molar-refractivity contribution in [3.63, 3.8) is 0 Å². The van der Waals surface area contributed by atoms with Crippen LogP contribution in [0.5, 0.6) is 5.75 Å². The molecule has 3 heteroatoms. The zero-order chi connectivity index (χ0) is 14.9. The summed E-state index contributed by atoms with van der Waals surface area (Å²) in [4.78, 5) is 2.13. The highest BCUT2D eigenvalue weighted by atomic mass is 16.5. The van der Waals surface area contributed by atoms with E-state index in [2.05, 4.69) is 42.5 Å². The van der Waals surface area contributed by atoms with Crippen LogP contribution in [0.1, 0.15) is 38.5 Å². The van der Waals surface area contributed by atoms with Gasteiger partial charge in [-0.1, -0.05) is 31.7 Å². The van der Waals surface area contributed by atoms with Gasteiger partial charge >= 0.3 is 0 Å². The first kappa shape index (κ1) is 16.2. The first-order chi connectivity index (χ1) is 10.2. The van der Waals surface area contributed by atoms with Crippen LogP contribution in [0.3, 0.4) is 0 Å². The third kappa shape index (κ3) is 6.38. The molecule has 118 valence electrons. The van der Waals surface area contributed by atoms with Crippen molar-refractivity contribution in [2.24, 2.45) is 5.92 Å². The number of rotatable bonds is 7. The van der Waals surface area contributed by atoms with E-state index in [1.807, 2.05) is 6.07 Å². The SMILES string of the molecule is CN(C)CCOc1cccc(NCC2CCCCCC2)c1. The molecule has 0 atom stereocenters. The Morgan fingerprint density at radius 3 is 2.62 bits per heavy atom. The third-order valence-corrected chi connectivity index (χ3v) is 4.21.